The quantitative estimate of drug-likeness (QED) is 0.731. The molecule has 0 aliphatic carbocycles. The molecule has 0 unspecified atom stereocenters. The zero-order valence-corrected chi connectivity index (χ0v) is 13.7. The lowest BCUT2D eigenvalue weighted by Crippen LogP contribution is -2.15. The second-order valence-corrected chi connectivity index (χ2v) is 5.86. The van der Waals surface area contributed by atoms with Crippen molar-refractivity contribution in [2.75, 3.05) is 5.32 Å². The summed E-state index contributed by atoms with van der Waals surface area (Å²) < 4.78 is 1.84. The van der Waals surface area contributed by atoms with Crippen molar-refractivity contribution in [3.63, 3.8) is 0 Å². The second kappa shape index (κ2) is 6.66. The normalized spacial score (nSPS) is 10.8. The Morgan fingerprint density at radius 1 is 1.12 bits per heavy atom. The first-order valence-electron chi connectivity index (χ1n) is 7.86. The van der Waals surface area contributed by atoms with Crippen molar-refractivity contribution in [2.24, 2.45) is 0 Å². The fraction of sp³-hybridized carbons (Fsp3) is 0.211. The average molecular weight is 321 g/mol. The summed E-state index contributed by atoms with van der Waals surface area (Å²) in [7, 11) is 0. The molecule has 1 heterocycles. The van der Waals surface area contributed by atoms with E-state index in [9.17, 15) is 9.59 Å². The van der Waals surface area contributed by atoms with Crippen molar-refractivity contribution < 1.29 is 9.59 Å². The van der Waals surface area contributed by atoms with E-state index in [-0.39, 0.29) is 11.7 Å². The predicted molar refractivity (Wildman–Crippen MR) is 94.2 cm³/mol. The van der Waals surface area contributed by atoms with Gasteiger partial charge in [-0.05, 0) is 50.2 Å². The third-order valence-corrected chi connectivity index (χ3v) is 3.92. The van der Waals surface area contributed by atoms with Crippen LogP contribution >= 0.6 is 0 Å². The highest BCUT2D eigenvalue weighted by atomic mass is 16.1. The molecule has 0 bridgehead atoms. The highest BCUT2D eigenvalue weighted by molar-refractivity contribution is 5.95. The van der Waals surface area contributed by atoms with Crippen LogP contribution in [0.25, 0.3) is 10.9 Å². The summed E-state index contributed by atoms with van der Waals surface area (Å²) in [4.78, 5) is 23.3. The number of carbonyl (C=O) groups excluding carboxylic acids is 2. The van der Waals surface area contributed by atoms with Crippen LogP contribution in [0.15, 0.2) is 48.7 Å². The van der Waals surface area contributed by atoms with Gasteiger partial charge in [0.1, 0.15) is 0 Å². The summed E-state index contributed by atoms with van der Waals surface area (Å²) in [5.41, 5.74) is 3.53. The van der Waals surface area contributed by atoms with Gasteiger partial charge in [0, 0.05) is 23.1 Å². The summed E-state index contributed by atoms with van der Waals surface area (Å²) in [6.07, 6.45) is 2.15. The Balaban J connectivity index is 1.61. The number of benzene rings is 2. The first-order chi connectivity index (χ1) is 11.5. The van der Waals surface area contributed by atoms with Crippen molar-refractivity contribution in [2.45, 2.75) is 26.8 Å². The first-order valence-corrected chi connectivity index (χ1v) is 7.86. The van der Waals surface area contributed by atoms with Crippen molar-refractivity contribution >= 4 is 28.3 Å². The van der Waals surface area contributed by atoms with E-state index in [0.717, 1.165) is 10.9 Å². The van der Waals surface area contributed by atoms with Crippen LogP contribution < -0.4 is 5.32 Å². The van der Waals surface area contributed by atoms with Gasteiger partial charge in [0.05, 0.1) is 18.3 Å². The summed E-state index contributed by atoms with van der Waals surface area (Å²) in [5.74, 6) is -0.0741. The molecule has 1 aromatic heterocycles. The molecule has 0 aliphatic heterocycles. The zero-order valence-electron chi connectivity index (χ0n) is 13.7. The van der Waals surface area contributed by atoms with Crippen LogP contribution in [0, 0.1) is 6.92 Å². The lowest BCUT2D eigenvalue weighted by atomic mass is 10.1. The second-order valence-electron chi connectivity index (χ2n) is 5.86. The maximum atomic E-state index is 12.1. The van der Waals surface area contributed by atoms with E-state index in [2.05, 4.69) is 16.5 Å². The maximum Gasteiger partial charge on any atom is 0.226 e. The van der Waals surface area contributed by atoms with Gasteiger partial charge in [-0.15, -0.1) is 0 Å². The minimum Gasteiger partial charge on any atom is -0.326 e. The van der Waals surface area contributed by atoms with Gasteiger partial charge in [0.25, 0.3) is 0 Å². The van der Waals surface area contributed by atoms with E-state index in [0.29, 0.717) is 24.2 Å². The molecule has 0 atom stereocenters. The number of hydrogen-bond donors (Lipinski definition) is 1. The molecule has 3 aromatic rings. The summed E-state index contributed by atoms with van der Waals surface area (Å²) >= 11 is 0. The summed E-state index contributed by atoms with van der Waals surface area (Å²) in [6, 6.07) is 13.0. The van der Waals surface area contributed by atoms with Crippen LogP contribution in [0.2, 0.25) is 0 Å². The molecule has 5 nitrogen and oxygen atoms in total. The number of anilines is 1. The topological polar surface area (TPSA) is 64.0 Å². The lowest BCUT2D eigenvalue weighted by molar-refractivity contribution is -0.116. The Kier molecular flexibility index (Phi) is 4.42. The molecule has 0 fully saturated rings. The number of nitrogens with one attached hydrogen (secondary N) is 1. The van der Waals surface area contributed by atoms with Crippen LogP contribution in [0.1, 0.15) is 29.3 Å². The highest BCUT2D eigenvalue weighted by Crippen LogP contribution is 2.16. The Labute approximate surface area is 140 Å². The van der Waals surface area contributed by atoms with Crippen LogP contribution in [0.3, 0.4) is 0 Å². The molecule has 0 saturated heterocycles. The number of Topliss-reactive ketones (excluding diaryl/α,β-unsaturated/α-hetero) is 1. The minimum atomic E-state index is -0.0821. The number of aromatic nitrogens is 2. The monoisotopic (exact) mass is 321 g/mol. The lowest BCUT2D eigenvalue weighted by Gasteiger charge is -2.07. The van der Waals surface area contributed by atoms with Gasteiger partial charge in [0.15, 0.2) is 5.78 Å². The van der Waals surface area contributed by atoms with E-state index < -0.39 is 0 Å². The summed E-state index contributed by atoms with van der Waals surface area (Å²) in [6.45, 7) is 4.08. The first kappa shape index (κ1) is 15.9. The smallest absolute Gasteiger partial charge is 0.226 e. The molecule has 0 saturated carbocycles. The highest BCUT2D eigenvalue weighted by Gasteiger charge is 2.07. The van der Waals surface area contributed by atoms with E-state index in [1.807, 2.05) is 29.9 Å². The number of ketones is 1. The molecular weight excluding hydrogens is 302 g/mol. The Morgan fingerprint density at radius 3 is 2.58 bits per heavy atom. The fourth-order valence-electron chi connectivity index (χ4n) is 2.60. The van der Waals surface area contributed by atoms with E-state index in [1.54, 1.807) is 24.3 Å². The Bertz CT molecular complexity index is 895. The van der Waals surface area contributed by atoms with Gasteiger partial charge in [-0.1, -0.05) is 11.6 Å². The minimum absolute atomic E-state index is 0.00803. The zero-order chi connectivity index (χ0) is 17.1. The number of hydrogen-bond acceptors (Lipinski definition) is 3. The van der Waals surface area contributed by atoms with Gasteiger partial charge in [-0.2, -0.15) is 5.10 Å². The predicted octanol–water partition coefficient (Wildman–Crippen LogP) is 3.58. The maximum absolute atomic E-state index is 12.1. The number of amides is 1. The van der Waals surface area contributed by atoms with Crippen molar-refractivity contribution in [3.8, 4) is 0 Å². The SMILES string of the molecule is CC(=O)c1ccc(NC(=O)CCn2ncc3cc(C)ccc32)cc1. The molecule has 3 rings (SSSR count). The standard InChI is InChI=1S/C19H19N3O2/c1-13-3-8-18-16(11-13)12-20-22(18)10-9-19(24)21-17-6-4-15(5-7-17)14(2)23/h3-8,11-12H,9-10H2,1-2H3,(H,21,24). The number of aryl methyl sites for hydroxylation is 2. The molecule has 0 radical (unpaired) electrons. The van der Waals surface area contributed by atoms with E-state index in [1.165, 1.54) is 12.5 Å². The molecule has 2 aromatic carbocycles. The van der Waals surface area contributed by atoms with E-state index in [4.69, 9.17) is 0 Å². The van der Waals surface area contributed by atoms with Crippen molar-refractivity contribution in [3.05, 3.63) is 59.8 Å². The van der Waals surface area contributed by atoms with Crippen molar-refractivity contribution in [1.29, 1.82) is 0 Å². The largest absolute Gasteiger partial charge is 0.326 e. The van der Waals surface area contributed by atoms with Crippen molar-refractivity contribution in [1.82, 2.24) is 9.78 Å². The number of nitrogens with zero attached hydrogens (tertiary/aromatic N) is 2. The molecule has 122 valence electrons. The number of fused-ring (bicyclic) bond motifs is 1. The third-order valence-electron chi connectivity index (χ3n) is 3.92. The number of carbonyl (C=O) groups is 2. The Hall–Kier alpha value is -2.95. The van der Waals surface area contributed by atoms with Crippen LogP contribution in [-0.2, 0) is 11.3 Å². The molecule has 0 aliphatic rings. The third kappa shape index (κ3) is 3.51. The summed E-state index contributed by atoms with van der Waals surface area (Å²) in [5, 5.41) is 8.26. The van der Waals surface area contributed by atoms with Gasteiger partial charge >= 0.3 is 0 Å². The fourth-order valence-corrected chi connectivity index (χ4v) is 2.60. The van der Waals surface area contributed by atoms with Gasteiger partial charge < -0.3 is 5.32 Å². The molecule has 5 heteroatoms. The van der Waals surface area contributed by atoms with Gasteiger partial charge in [-0.3, -0.25) is 14.3 Å². The number of rotatable bonds is 5. The Morgan fingerprint density at radius 2 is 1.88 bits per heavy atom. The van der Waals surface area contributed by atoms with Crippen LogP contribution in [-0.4, -0.2) is 21.5 Å². The van der Waals surface area contributed by atoms with Gasteiger partial charge in [-0.25, -0.2) is 0 Å². The molecule has 1 amide bonds. The van der Waals surface area contributed by atoms with E-state index >= 15 is 0 Å². The molecule has 1 N–H and O–H groups in total. The van der Waals surface area contributed by atoms with Crippen LogP contribution in [0.4, 0.5) is 5.69 Å². The van der Waals surface area contributed by atoms with Gasteiger partial charge in [0.2, 0.25) is 5.91 Å². The molecule has 0 spiro atoms. The van der Waals surface area contributed by atoms with Crippen LogP contribution in [0.5, 0.6) is 0 Å². The average Bonchev–Trinajstić information content (AvgIpc) is 2.95. The molecular formula is C19H19N3O2. The molecule has 24 heavy (non-hydrogen) atoms.